The molecule has 3 heterocycles. The predicted octanol–water partition coefficient (Wildman–Crippen LogP) is 3.75. The number of nitrogens with one attached hydrogen (secondary N) is 1. The molecule has 1 fully saturated rings. The Hall–Kier alpha value is -3.24. The maximum absolute atomic E-state index is 13.4. The van der Waals surface area contributed by atoms with Gasteiger partial charge in [0, 0.05) is 36.5 Å². The van der Waals surface area contributed by atoms with Crippen molar-refractivity contribution in [3.8, 4) is 0 Å². The van der Waals surface area contributed by atoms with Crippen molar-refractivity contribution in [1.29, 1.82) is 0 Å². The van der Waals surface area contributed by atoms with Crippen molar-refractivity contribution in [1.82, 2.24) is 24.7 Å². The normalized spacial score (nSPS) is 14.3. The molecule has 1 amide bonds. The highest BCUT2D eigenvalue weighted by atomic mass is 35.5. The average molecular weight is 513 g/mol. The number of anilines is 1. The summed E-state index contributed by atoms with van der Waals surface area (Å²) in [6.07, 6.45) is 3.06. The molecule has 0 spiro atoms. The molecule has 0 bridgehead atoms. The number of nitrogens with zero attached hydrogens (tertiary/aromatic N) is 5. The van der Waals surface area contributed by atoms with Crippen LogP contribution in [0.1, 0.15) is 31.7 Å². The Bertz CT molecular complexity index is 1520. The Labute approximate surface area is 208 Å². The second-order valence-electron chi connectivity index (χ2n) is 8.52. The summed E-state index contributed by atoms with van der Waals surface area (Å²) in [6, 6.07) is 12.0. The van der Waals surface area contributed by atoms with Crippen molar-refractivity contribution in [3.05, 3.63) is 53.1 Å². The van der Waals surface area contributed by atoms with E-state index in [4.69, 9.17) is 11.6 Å². The number of carbonyl (C=O) groups excluding carboxylic acids is 1. The molecule has 35 heavy (non-hydrogen) atoms. The largest absolute Gasteiger partial charge is 0.369 e. The van der Waals surface area contributed by atoms with Gasteiger partial charge >= 0.3 is 0 Å². The van der Waals surface area contributed by atoms with Gasteiger partial charge in [0.15, 0.2) is 5.65 Å². The van der Waals surface area contributed by atoms with Gasteiger partial charge in [-0.25, -0.2) is 13.4 Å². The summed E-state index contributed by atoms with van der Waals surface area (Å²) < 4.78 is 28.3. The summed E-state index contributed by atoms with van der Waals surface area (Å²) in [5.41, 5.74) is 1.81. The average Bonchev–Trinajstić information content (AvgIpc) is 3.48. The molecule has 0 atom stereocenters. The van der Waals surface area contributed by atoms with Crippen LogP contribution in [-0.2, 0) is 21.1 Å². The first kappa shape index (κ1) is 23.5. The Morgan fingerprint density at radius 3 is 2.66 bits per heavy atom. The van der Waals surface area contributed by atoms with Crippen molar-refractivity contribution in [2.75, 3.05) is 25.0 Å². The van der Waals surface area contributed by atoms with E-state index in [0.29, 0.717) is 41.3 Å². The maximum Gasteiger partial charge on any atom is 0.229 e. The number of hydrogen-bond acceptors (Lipinski definition) is 7. The van der Waals surface area contributed by atoms with E-state index in [2.05, 4.69) is 20.6 Å². The standard InChI is InChI=1S/C24H25ClN6O3S/c1-2-16-6-9-18(10-7-16)35(33,34)24-23-27-22(26-12-4-14-30-13-3-5-21(30)32)19-15-17(25)8-11-20(19)31(23)29-28-24/h6-11,15H,2-5,12-14H2,1H3,(H,26,27). The van der Waals surface area contributed by atoms with Gasteiger partial charge in [0.1, 0.15) is 5.82 Å². The van der Waals surface area contributed by atoms with Gasteiger partial charge in [-0.15, -0.1) is 5.10 Å². The first-order chi connectivity index (χ1) is 16.9. The summed E-state index contributed by atoms with van der Waals surface area (Å²) in [5.74, 6) is 0.678. The van der Waals surface area contributed by atoms with E-state index >= 15 is 0 Å². The summed E-state index contributed by atoms with van der Waals surface area (Å²) in [5, 5.41) is 12.4. The highest BCUT2D eigenvalue weighted by Crippen LogP contribution is 2.30. The van der Waals surface area contributed by atoms with Gasteiger partial charge in [-0.2, -0.15) is 4.52 Å². The van der Waals surface area contributed by atoms with E-state index in [-0.39, 0.29) is 21.5 Å². The number of rotatable bonds is 8. The van der Waals surface area contributed by atoms with Gasteiger partial charge in [-0.1, -0.05) is 35.9 Å². The molecule has 11 heteroatoms. The lowest BCUT2D eigenvalue weighted by molar-refractivity contribution is -0.127. The molecule has 9 nitrogen and oxygen atoms in total. The summed E-state index contributed by atoms with van der Waals surface area (Å²) in [6.45, 7) is 4.02. The van der Waals surface area contributed by atoms with E-state index in [1.165, 1.54) is 4.52 Å². The molecule has 1 N–H and O–H groups in total. The minimum atomic E-state index is -3.94. The Balaban J connectivity index is 1.51. The highest BCUT2D eigenvalue weighted by molar-refractivity contribution is 7.91. The second-order valence-corrected chi connectivity index (χ2v) is 10.8. The number of benzene rings is 2. The molecule has 0 saturated carbocycles. The second kappa shape index (κ2) is 9.43. The molecular weight excluding hydrogens is 488 g/mol. The van der Waals surface area contributed by atoms with Gasteiger partial charge in [-0.05, 0) is 55.2 Å². The van der Waals surface area contributed by atoms with Crippen LogP contribution in [0.3, 0.4) is 0 Å². The van der Waals surface area contributed by atoms with E-state index in [9.17, 15) is 13.2 Å². The zero-order valence-corrected chi connectivity index (χ0v) is 20.8. The summed E-state index contributed by atoms with van der Waals surface area (Å²) in [7, 11) is -3.94. The lowest BCUT2D eigenvalue weighted by Gasteiger charge is -2.16. The minimum absolute atomic E-state index is 0.136. The molecule has 1 aliphatic rings. The van der Waals surface area contributed by atoms with Crippen molar-refractivity contribution in [2.24, 2.45) is 0 Å². The number of aromatic nitrogens is 4. The molecule has 4 aromatic rings. The monoisotopic (exact) mass is 512 g/mol. The molecule has 0 aliphatic carbocycles. The van der Waals surface area contributed by atoms with E-state index < -0.39 is 9.84 Å². The zero-order chi connectivity index (χ0) is 24.6. The van der Waals surface area contributed by atoms with Crippen LogP contribution in [-0.4, -0.2) is 58.7 Å². The number of amides is 1. The first-order valence-electron chi connectivity index (χ1n) is 11.6. The number of halogens is 1. The van der Waals surface area contributed by atoms with E-state index in [0.717, 1.165) is 31.4 Å². The van der Waals surface area contributed by atoms with Gasteiger partial charge in [0.2, 0.25) is 20.8 Å². The van der Waals surface area contributed by atoms with Crippen molar-refractivity contribution in [2.45, 2.75) is 42.5 Å². The van der Waals surface area contributed by atoms with Gasteiger partial charge in [0.25, 0.3) is 0 Å². The molecule has 1 aliphatic heterocycles. The molecule has 2 aromatic carbocycles. The Morgan fingerprint density at radius 1 is 1.14 bits per heavy atom. The zero-order valence-electron chi connectivity index (χ0n) is 19.2. The van der Waals surface area contributed by atoms with Crippen LogP contribution in [0.15, 0.2) is 52.4 Å². The van der Waals surface area contributed by atoms with Crippen LogP contribution in [0, 0.1) is 0 Å². The SMILES string of the molecule is CCc1ccc(S(=O)(=O)c2nnn3c2nc(NCCCN2CCCC2=O)c2cc(Cl)ccc23)cc1. The molecule has 182 valence electrons. The number of likely N-dealkylation sites (tertiary alicyclic amines) is 1. The van der Waals surface area contributed by atoms with Gasteiger partial charge in [0.05, 0.1) is 10.4 Å². The molecule has 0 radical (unpaired) electrons. The van der Waals surface area contributed by atoms with Crippen molar-refractivity contribution >= 4 is 49.7 Å². The number of fused-ring (bicyclic) bond motifs is 3. The molecule has 0 unspecified atom stereocenters. The number of hydrogen-bond donors (Lipinski definition) is 1. The maximum atomic E-state index is 13.4. The van der Waals surface area contributed by atoms with E-state index in [1.54, 1.807) is 42.5 Å². The van der Waals surface area contributed by atoms with Crippen LogP contribution < -0.4 is 5.32 Å². The van der Waals surface area contributed by atoms with Crippen LogP contribution >= 0.6 is 11.6 Å². The number of sulfone groups is 1. The molecule has 1 saturated heterocycles. The van der Waals surface area contributed by atoms with Crippen molar-refractivity contribution in [3.63, 3.8) is 0 Å². The Kier molecular flexibility index (Phi) is 6.33. The topological polar surface area (TPSA) is 110 Å². The lowest BCUT2D eigenvalue weighted by atomic mass is 10.2. The molecule has 2 aromatic heterocycles. The third-order valence-corrected chi connectivity index (χ3v) is 8.14. The Morgan fingerprint density at radius 2 is 1.94 bits per heavy atom. The minimum Gasteiger partial charge on any atom is -0.369 e. The fraction of sp³-hybridized carbons (Fsp3) is 0.333. The van der Waals surface area contributed by atoms with Crippen LogP contribution in [0.4, 0.5) is 5.82 Å². The quantitative estimate of drug-likeness (QED) is 0.358. The lowest BCUT2D eigenvalue weighted by Crippen LogP contribution is -2.27. The first-order valence-corrected chi connectivity index (χ1v) is 13.4. The third-order valence-electron chi connectivity index (χ3n) is 6.24. The molecule has 5 rings (SSSR count). The molecular formula is C24H25ClN6O3S. The van der Waals surface area contributed by atoms with E-state index in [1.807, 2.05) is 11.8 Å². The smallest absolute Gasteiger partial charge is 0.229 e. The van der Waals surface area contributed by atoms with Gasteiger partial charge in [-0.3, -0.25) is 4.79 Å². The van der Waals surface area contributed by atoms with Crippen LogP contribution in [0.5, 0.6) is 0 Å². The third kappa shape index (κ3) is 4.43. The van der Waals surface area contributed by atoms with Crippen molar-refractivity contribution < 1.29 is 13.2 Å². The van der Waals surface area contributed by atoms with Gasteiger partial charge < -0.3 is 10.2 Å². The predicted molar refractivity (Wildman–Crippen MR) is 133 cm³/mol. The fourth-order valence-corrected chi connectivity index (χ4v) is 5.72. The highest BCUT2D eigenvalue weighted by Gasteiger charge is 2.27. The summed E-state index contributed by atoms with van der Waals surface area (Å²) in [4.78, 5) is 18.5. The summed E-state index contributed by atoms with van der Waals surface area (Å²) >= 11 is 6.25. The van der Waals surface area contributed by atoms with Crippen LogP contribution in [0.2, 0.25) is 5.02 Å². The van der Waals surface area contributed by atoms with Crippen LogP contribution in [0.25, 0.3) is 16.6 Å². The number of aryl methyl sites for hydroxylation is 1. The number of carbonyl (C=O) groups is 1. The fourth-order valence-electron chi connectivity index (χ4n) is 4.31.